The van der Waals surface area contributed by atoms with Crippen molar-refractivity contribution in [3.05, 3.63) is 29.3 Å². The number of carbonyl (C=O) groups excluding carboxylic acids is 2. The first-order chi connectivity index (χ1) is 10.0. The molecule has 1 fully saturated rings. The highest BCUT2D eigenvalue weighted by molar-refractivity contribution is 6.30. The smallest absolute Gasteiger partial charge is 0.249 e. The van der Waals surface area contributed by atoms with Crippen molar-refractivity contribution in [2.75, 3.05) is 18.1 Å². The maximum atomic E-state index is 12.3. The third-order valence-electron chi connectivity index (χ3n) is 3.45. The van der Waals surface area contributed by atoms with Crippen LogP contribution in [0.4, 0.5) is 5.69 Å². The Labute approximate surface area is 129 Å². The maximum Gasteiger partial charge on any atom is 0.249 e. The van der Waals surface area contributed by atoms with Crippen molar-refractivity contribution in [1.82, 2.24) is 5.32 Å². The summed E-state index contributed by atoms with van der Waals surface area (Å²) in [6, 6.07) is 6.59. The quantitative estimate of drug-likeness (QED) is 0.905. The van der Waals surface area contributed by atoms with Gasteiger partial charge in [0.15, 0.2) is 0 Å². The number of anilines is 1. The average Bonchev–Trinajstić information content (AvgIpc) is 2.81. The highest BCUT2D eigenvalue weighted by Gasteiger charge is 2.34. The summed E-state index contributed by atoms with van der Waals surface area (Å²) in [7, 11) is 0. The molecular weight excluding hydrogens is 292 g/mol. The van der Waals surface area contributed by atoms with E-state index < -0.39 is 12.1 Å². The lowest BCUT2D eigenvalue weighted by Gasteiger charge is -2.18. The molecule has 0 spiro atoms. The van der Waals surface area contributed by atoms with E-state index in [-0.39, 0.29) is 11.8 Å². The summed E-state index contributed by atoms with van der Waals surface area (Å²) >= 11 is 5.84. The number of carbonyl (C=O) groups is 2. The van der Waals surface area contributed by atoms with E-state index in [9.17, 15) is 9.59 Å². The molecule has 1 aliphatic rings. The Morgan fingerprint density at radius 3 is 2.76 bits per heavy atom. The van der Waals surface area contributed by atoms with Gasteiger partial charge >= 0.3 is 0 Å². The molecule has 0 saturated carbocycles. The molecule has 6 heteroatoms. The normalized spacial score (nSPS) is 19.7. The minimum absolute atomic E-state index is 0.102. The van der Waals surface area contributed by atoms with Crippen molar-refractivity contribution in [1.29, 1.82) is 0 Å². The fourth-order valence-corrected chi connectivity index (χ4v) is 2.43. The number of hydrogen-bond donors (Lipinski definition) is 1. The molecule has 0 bridgehead atoms. The van der Waals surface area contributed by atoms with Crippen molar-refractivity contribution < 1.29 is 14.3 Å². The lowest BCUT2D eigenvalue weighted by Crippen LogP contribution is -2.45. The Bertz CT molecular complexity index is 518. The zero-order valence-electron chi connectivity index (χ0n) is 12.1. The molecule has 0 aliphatic carbocycles. The number of amides is 2. The van der Waals surface area contributed by atoms with Crippen LogP contribution in [0.15, 0.2) is 24.3 Å². The zero-order chi connectivity index (χ0) is 15.4. The standard InChI is InChI=1S/C15H19ClN2O3/c1-3-21-10(2)14(19)17-13-8-9-18(15(13)20)12-6-4-11(16)5-7-12/h4-7,10,13H,3,8-9H2,1-2H3,(H,17,19). The van der Waals surface area contributed by atoms with Gasteiger partial charge in [0.2, 0.25) is 11.8 Å². The molecule has 1 N–H and O–H groups in total. The SMILES string of the molecule is CCOC(C)C(=O)NC1CCN(c2ccc(Cl)cc2)C1=O. The van der Waals surface area contributed by atoms with Crippen LogP contribution in [0.1, 0.15) is 20.3 Å². The predicted molar refractivity (Wildman–Crippen MR) is 81.4 cm³/mol. The minimum atomic E-state index is -0.549. The number of hydrogen-bond acceptors (Lipinski definition) is 3. The van der Waals surface area contributed by atoms with Crippen molar-refractivity contribution in [3.63, 3.8) is 0 Å². The van der Waals surface area contributed by atoms with Crippen LogP contribution in [0.3, 0.4) is 0 Å². The van der Waals surface area contributed by atoms with E-state index in [4.69, 9.17) is 16.3 Å². The van der Waals surface area contributed by atoms with Crippen molar-refractivity contribution in [3.8, 4) is 0 Å². The van der Waals surface area contributed by atoms with E-state index in [0.29, 0.717) is 24.6 Å². The lowest BCUT2D eigenvalue weighted by molar-refractivity contribution is -0.134. The second-order valence-corrected chi connectivity index (χ2v) is 5.35. The zero-order valence-corrected chi connectivity index (χ0v) is 12.9. The monoisotopic (exact) mass is 310 g/mol. The van der Waals surface area contributed by atoms with Gasteiger partial charge in [-0.05, 0) is 44.5 Å². The molecule has 2 unspecified atom stereocenters. The fraction of sp³-hybridized carbons (Fsp3) is 0.467. The van der Waals surface area contributed by atoms with Gasteiger partial charge in [0.1, 0.15) is 12.1 Å². The van der Waals surface area contributed by atoms with Crippen LogP contribution < -0.4 is 10.2 Å². The minimum Gasteiger partial charge on any atom is -0.369 e. The van der Waals surface area contributed by atoms with Gasteiger partial charge in [0.25, 0.3) is 0 Å². The second-order valence-electron chi connectivity index (χ2n) is 4.91. The van der Waals surface area contributed by atoms with E-state index >= 15 is 0 Å². The molecule has 2 atom stereocenters. The lowest BCUT2D eigenvalue weighted by atomic mass is 10.2. The molecular formula is C15H19ClN2O3. The molecule has 1 aliphatic heterocycles. The van der Waals surface area contributed by atoms with Gasteiger partial charge in [-0.25, -0.2) is 0 Å². The maximum absolute atomic E-state index is 12.3. The van der Waals surface area contributed by atoms with Crippen molar-refractivity contribution >= 4 is 29.1 Å². The van der Waals surface area contributed by atoms with Crippen LogP contribution in [-0.2, 0) is 14.3 Å². The fourth-order valence-electron chi connectivity index (χ4n) is 2.31. The number of ether oxygens (including phenoxy) is 1. The summed E-state index contributed by atoms with van der Waals surface area (Å²) in [5, 5.41) is 3.37. The number of halogens is 1. The highest BCUT2D eigenvalue weighted by Crippen LogP contribution is 2.23. The summed E-state index contributed by atoms with van der Waals surface area (Å²) < 4.78 is 5.22. The predicted octanol–water partition coefficient (Wildman–Crippen LogP) is 1.99. The summed E-state index contributed by atoms with van der Waals surface area (Å²) in [4.78, 5) is 25.9. The van der Waals surface area contributed by atoms with E-state index in [2.05, 4.69) is 5.32 Å². The summed E-state index contributed by atoms with van der Waals surface area (Å²) in [6.07, 6.45) is 0.0406. The Balaban J connectivity index is 1.98. The summed E-state index contributed by atoms with van der Waals surface area (Å²) in [5.41, 5.74) is 0.791. The first-order valence-electron chi connectivity index (χ1n) is 7.02. The van der Waals surface area contributed by atoms with Gasteiger partial charge in [-0.3, -0.25) is 9.59 Å². The van der Waals surface area contributed by atoms with Crippen LogP contribution in [0.25, 0.3) is 0 Å². The summed E-state index contributed by atoms with van der Waals surface area (Å²) in [6.45, 7) is 4.54. The highest BCUT2D eigenvalue weighted by atomic mass is 35.5. The number of nitrogens with one attached hydrogen (secondary N) is 1. The summed E-state index contributed by atoms with van der Waals surface area (Å²) in [5.74, 6) is -0.359. The number of rotatable bonds is 5. The van der Waals surface area contributed by atoms with E-state index in [1.807, 2.05) is 6.92 Å². The molecule has 1 heterocycles. The Morgan fingerprint density at radius 1 is 1.48 bits per heavy atom. The van der Waals surface area contributed by atoms with Gasteiger partial charge in [-0.1, -0.05) is 11.6 Å². The van der Waals surface area contributed by atoms with Crippen LogP contribution in [-0.4, -0.2) is 37.1 Å². The Kier molecular flexibility index (Phi) is 5.20. The van der Waals surface area contributed by atoms with Crippen molar-refractivity contribution in [2.24, 2.45) is 0 Å². The molecule has 21 heavy (non-hydrogen) atoms. The number of benzene rings is 1. The van der Waals surface area contributed by atoms with E-state index in [1.54, 1.807) is 36.1 Å². The molecule has 0 radical (unpaired) electrons. The molecule has 1 saturated heterocycles. The molecule has 1 aromatic rings. The third-order valence-corrected chi connectivity index (χ3v) is 3.70. The number of nitrogens with zero attached hydrogens (tertiary/aromatic N) is 1. The van der Waals surface area contributed by atoms with E-state index in [0.717, 1.165) is 5.69 Å². The first kappa shape index (κ1) is 15.8. The molecule has 2 rings (SSSR count). The topological polar surface area (TPSA) is 58.6 Å². The molecule has 5 nitrogen and oxygen atoms in total. The van der Waals surface area contributed by atoms with Gasteiger partial charge < -0.3 is 15.0 Å². The second kappa shape index (κ2) is 6.91. The van der Waals surface area contributed by atoms with Crippen LogP contribution in [0, 0.1) is 0 Å². The van der Waals surface area contributed by atoms with Gasteiger partial charge in [0.05, 0.1) is 0 Å². The molecule has 0 aromatic heterocycles. The van der Waals surface area contributed by atoms with E-state index in [1.165, 1.54) is 0 Å². The first-order valence-corrected chi connectivity index (χ1v) is 7.39. The molecule has 2 amide bonds. The van der Waals surface area contributed by atoms with Crippen molar-refractivity contribution in [2.45, 2.75) is 32.4 Å². The molecule has 114 valence electrons. The third kappa shape index (κ3) is 3.74. The van der Waals surface area contributed by atoms with Gasteiger partial charge in [0, 0.05) is 23.9 Å². The van der Waals surface area contributed by atoms with Crippen LogP contribution >= 0.6 is 11.6 Å². The van der Waals surface area contributed by atoms with Gasteiger partial charge in [-0.15, -0.1) is 0 Å². The molecule has 1 aromatic carbocycles. The largest absolute Gasteiger partial charge is 0.369 e. The average molecular weight is 311 g/mol. The van der Waals surface area contributed by atoms with Gasteiger partial charge in [-0.2, -0.15) is 0 Å². The van der Waals surface area contributed by atoms with Crippen LogP contribution in [0.2, 0.25) is 5.02 Å². The Morgan fingerprint density at radius 2 is 2.14 bits per heavy atom. The van der Waals surface area contributed by atoms with Crippen LogP contribution in [0.5, 0.6) is 0 Å². The Hall–Kier alpha value is -1.59.